The summed E-state index contributed by atoms with van der Waals surface area (Å²) in [5.41, 5.74) is 30.9. The highest BCUT2D eigenvalue weighted by molar-refractivity contribution is 14.1. The third-order valence-electron chi connectivity index (χ3n) is 28.9. The zero-order chi connectivity index (χ0) is 103. The van der Waals surface area contributed by atoms with Crippen LogP contribution in [0.25, 0.3) is 44.5 Å². The molecule has 0 N–H and O–H groups in total. The zero-order valence-corrected chi connectivity index (χ0v) is 102. The van der Waals surface area contributed by atoms with E-state index < -0.39 is 15.8 Å². The second-order valence-corrected chi connectivity index (χ2v) is 54.2. The average molecular weight is 2200 g/mol. The first-order valence-corrected chi connectivity index (χ1v) is 60.6. The Bertz CT molecular complexity index is 5080. The van der Waals surface area contributed by atoms with Crippen molar-refractivity contribution in [1.29, 1.82) is 0 Å². The highest BCUT2D eigenvalue weighted by Crippen LogP contribution is 2.63. The van der Waals surface area contributed by atoms with Crippen molar-refractivity contribution in [2.75, 3.05) is 14.2 Å². The maximum atomic E-state index is 6.85. The molecule has 8 aromatic rings. The predicted octanol–water partition coefficient (Wildman–Crippen LogP) is 40.6. The van der Waals surface area contributed by atoms with Crippen LogP contribution in [-0.2, 0) is 0 Å². The number of benzene rings is 8. The molecule has 0 atom stereocenters. The molecule has 0 saturated heterocycles. The lowest BCUT2D eigenvalue weighted by Gasteiger charge is -2.41. The summed E-state index contributed by atoms with van der Waals surface area (Å²) in [6.07, 6.45) is 28.4. The smallest absolute Gasteiger partial charge is 0.133 e. The summed E-state index contributed by atoms with van der Waals surface area (Å²) in [7, 11) is 2.82. The molecule has 787 valence electrons. The average Bonchev–Trinajstić information content (AvgIpc) is 0.750. The molecule has 0 amide bonds. The molecule has 4 saturated carbocycles. The standard InChI is InChI=1S/C39H61O2P.C37H57O2P.C27H39IO2.C25H35IO2.CH4.B/c1-25(2)30-23-33(26(3)4)37(34(24-30)27(5)6)38-35(40-28(7)8)21-22-36(41-29(9)10)39(38)42(31-17-13-11-14-18-31)32-19-15-12-16-20-32;1-24(2)28-22-31(25(3)4)35(32(23-28)26(5)6)36-33(38-9)20-21-34(39-27(7)8)37(36)40(29-16-12-10-13-17-29)30-18-14-11-15-19-30;1-15(2)20-13-21(16(3)4)25(22(14-20)17(5)6)26-23(29-18(7)8)11-12-24(27(26)28)30-19(9)10;1-14(2)18-12-19(15(3)4)23(20(13-18)16(5)6)24-21(27-9)10-11-22(25(24)26)28-17(7)8;;/h21-29,31-32H,11-20H2,1-10H3;20-27,29-30H,10-19H2,1-9H3;11-19H,1-10H3;10-17H,1-9H3;1H4;. The lowest BCUT2D eigenvalue weighted by atomic mass is 9.81. The van der Waals surface area contributed by atoms with Crippen molar-refractivity contribution in [2.24, 2.45) is 0 Å². The Balaban J connectivity index is 0.000000260. The fourth-order valence-electron chi connectivity index (χ4n) is 21.8. The Kier molecular flexibility index (Phi) is 50.0. The molecule has 0 aliphatic heterocycles. The SMILES string of the molecule is C.CC(C)Oc1ccc(OC(C)C)c(-c2c(C(C)C)cc(C(C)C)cc2C(C)C)c1I.CC(C)Oc1ccc(OC(C)C)c(P(C2CCCCC2)C2CCCCC2)c1-c1c(C(C)C)cc(C(C)C)cc1C(C)C.COc1ccc(OC(C)C)c(I)c1-c1c(C(C)C)cc(C(C)C)cc1C(C)C.COc1ccc(OC(C)C)c(P(C2CCCCC2)C2CCCCC2)c1-c1c(C(C)C)cc(C(C)C)cc1C(C)C.[B]. The maximum absolute atomic E-state index is 6.85. The third kappa shape index (κ3) is 31.8. The van der Waals surface area contributed by atoms with E-state index in [1.54, 1.807) is 7.11 Å². The van der Waals surface area contributed by atoms with Crippen LogP contribution in [-0.4, -0.2) is 81.9 Å². The van der Waals surface area contributed by atoms with Gasteiger partial charge >= 0.3 is 0 Å². The molecule has 13 heteroatoms. The van der Waals surface area contributed by atoms with Crippen LogP contribution in [0.4, 0.5) is 0 Å². The number of hydrogen-bond donors (Lipinski definition) is 0. The van der Waals surface area contributed by atoms with Crippen LogP contribution in [0.15, 0.2) is 97.1 Å². The van der Waals surface area contributed by atoms with Gasteiger partial charge in [0, 0.05) is 41.3 Å². The Morgan fingerprint density at radius 3 is 0.577 bits per heavy atom. The normalized spacial score (nSPS) is 15.0. The molecule has 0 spiro atoms. The third-order valence-corrected chi connectivity index (χ3v) is 38.2. The molecule has 4 aliphatic rings. The van der Waals surface area contributed by atoms with E-state index >= 15 is 0 Å². The second kappa shape index (κ2) is 57.5. The molecule has 8 nitrogen and oxygen atoms in total. The Hall–Kier alpha value is -5.46. The largest absolute Gasteiger partial charge is 0.496 e. The van der Waals surface area contributed by atoms with E-state index in [0.717, 1.165) is 81.3 Å². The molecule has 142 heavy (non-hydrogen) atoms. The van der Waals surface area contributed by atoms with Gasteiger partial charge in [-0.2, -0.15) is 0 Å². The van der Waals surface area contributed by atoms with E-state index in [2.05, 4.69) is 379 Å². The van der Waals surface area contributed by atoms with Crippen molar-refractivity contribution in [3.63, 3.8) is 0 Å². The summed E-state index contributed by atoms with van der Waals surface area (Å²) in [6, 6.07) is 36.9. The van der Waals surface area contributed by atoms with Gasteiger partial charge in [-0.3, -0.25) is 0 Å². The number of hydrogen-bond acceptors (Lipinski definition) is 8. The fraction of sp³-hybridized carbons (Fsp3) is 0.628. The number of halogens is 2. The zero-order valence-electron chi connectivity index (χ0n) is 95.6. The van der Waals surface area contributed by atoms with Gasteiger partial charge in [-0.25, -0.2) is 0 Å². The summed E-state index contributed by atoms with van der Waals surface area (Å²) < 4.78 is 53.5. The molecule has 0 bridgehead atoms. The lowest BCUT2D eigenvalue weighted by molar-refractivity contribution is 0.234. The van der Waals surface area contributed by atoms with Gasteiger partial charge in [0.25, 0.3) is 0 Å². The first-order chi connectivity index (χ1) is 66.1. The maximum Gasteiger partial charge on any atom is 0.133 e. The van der Waals surface area contributed by atoms with E-state index in [-0.39, 0.29) is 52.5 Å². The molecule has 4 fully saturated rings. The first kappa shape index (κ1) is 123. The van der Waals surface area contributed by atoms with Crippen molar-refractivity contribution < 1.29 is 37.9 Å². The number of ether oxygens (including phenoxy) is 8. The molecule has 8 aromatic carbocycles. The molecule has 3 radical (unpaired) electrons. The van der Waals surface area contributed by atoms with Gasteiger partial charge in [-0.1, -0.05) is 315 Å². The molecule has 0 aromatic heterocycles. The summed E-state index contributed by atoms with van der Waals surface area (Å²) in [4.78, 5) is 0. The van der Waals surface area contributed by atoms with Crippen LogP contribution in [0.2, 0.25) is 0 Å². The van der Waals surface area contributed by atoms with Gasteiger partial charge in [0.05, 0.1) is 58.0 Å². The monoisotopic (exact) mass is 2200 g/mol. The molecular formula is C129H196BI2O8P2. The van der Waals surface area contributed by atoms with Crippen LogP contribution in [0, 0.1) is 7.14 Å². The Morgan fingerprint density at radius 1 is 0.211 bits per heavy atom. The Morgan fingerprint density at radius 2 is 0.373 bits per heavy atom. The van der Waals surface area contributed by atoms with Crippen LogP contribution in [0.3, 0.4) is 0 Å². The quantitative estimate of drug-likeness (QED) is 0.0218. The van der Waals surface area contributed by atoms with Gasteiger partial charge in [0.2, 0.25) is 0 Å². The summed E-state index contributed by atoms with van der Waals surface area (Å²) in [5, 5.41) is 3.07. The second-order valence-electron chi connectivity index (χ2n) is 46.6. The molecule has 12 rings (SSSR count). The number of methoxy groups -OCH3 is 2. The minimum atomic E-state index is -0.418. The minimum Gasteiger partial charge on any atom is -0.496 e. The van der Waals surface area contributed by atoms with E-state index in [4.69, 9.17) is 37.9 Å². The highest BCUT2D eigenvalue weighted by Gasteiger charge is 2.42. The molecule has 0 unspecified atom stereocenters. The minimum absolute atomic E-state index is 0. The van der Waals surface area contributed by atoms with E-state index in [0.29, 0.717) is 71.0 Å². The van der Waals surface area contributed by atoms with E-state index in [9.17, 15) is 0 Å². The van der Waals surface area contributed by atoms with Crippen molar-refractivity contribution in [1.82, 2.24) is 0 Å². The fourth-order valence-corrected chi connectivity index (χ4v) is 31.6. The number of rotatable bonds is 36. The van der Waals surface area contributed by atoms with Gasteiger partial charge in [-0.05, 0) is 411 Å². The van der Waals surface area contributed by atoms with Crippen molar-refractivity contribution in [3.8, 4) is 90.5 Å². The predicted molar refractivity (Wildman–Crippen MR) is 643 cm³/mol. The van der Waals surface area contributed by atoms with Crippen LogP contribution in [0.5, 0.6) is 46.0 Å². The van der Waals surface area contributed by atoms with Crippen LogP contribution in [0.1, 0.15) is 523 Å². The van der Waals surface area contributed by atoms with E-state index in [1.807, 2.05) is 19.2 Å². The summed E-state index contributed by atoms with van der Waals surface area (Å²) in [5.74, 6) is 13.4. The van der Waals surface area contributed by atoms with Crippen molar-refractivity contribution in [2.45, 2.75) is 515 Å². The highest BCUT2D eigenvalue weighted by atomic mass is 127. The topological polar surface area (TPSA) is 73.8 Å². The molecule has 0 heterocycles. The van der Waals surface area contributed by atoms with Gasteiger partial charge < -0.3 is 37.9 Å². The molecule has 4 aliphatic carbocycles. The summed E-state index contributed by atoms with van der Waals surface area (Å²) in [6.45, 7) is 81.3. The van der Waals surface area contributed by atoms with Crippen LogP contribution >= 0.6 is 61.0 Å². The van der Waals surface area contributed by atoms with Crippen LogP contribution < -0.4 is 48.5 Å². The van der Waals surface area contributed by atoms with Crippen molar-refractivity contribution >= 4 is 80.0 Å². The van der Waals surface area contributed by atoms with Gasteiger partial charge in [0.15, 0.2) is 0 Å². The van der Waals surface area contributed by atoms with Crippen molar-refractivity contribution in [3.05, 3.63) is 171 Å². The molecular weight excluding hydrogens is 2000 g/mol. The van der Waals surface area contributed by atoms with Gasteiger partial charge in [-0.15, -0.1) is 0 Å². The van der Waals surface area contributed by atoms with Gasteiger partial charge in [0.1, 0.15) is 46.0 Å². The lowest BCUT2D eigenvalue weighted by Crippen LogP contribution is -2.29. The summed E-state index contributed by atoms with van der Waals surface area (Å²) >= 11 is 4.87. The Labute approximate surface area is 901 Å². The first-order valence-electron chi connectivity index (χ1n) is 55.5. The van der Waals surface area contributed by atoms with E-state index in [1.165, 1.54) is 245 Å².